The van der Waals surface area contributed by atoms with Crippen LogP contribution in [0.2, 0.25) is 0 Å². The Kier molecular flexibility index (Phi) is 4.25. The van der Waals surface area contributed by atoms with Crippen molar-refractivity contribution in [2.45, 2.75) is 65.5 Å². The van der Waals surface area contributed by atoms with Gasteiger partial charge in [-0.15, -0.1) is 0 Å². The second-order valence-corrected chi connectivity index (χ2v) is 8.00. The summed E-state index contributed by atoms with van der Waals surface area (Å²) in [5.74, 6) is 2.25. The van der Waals surface area contributed by atoms with Crippen molar-refractivity contribution in [2.24, 2.45) is 28.9 Å². The molecular weight excluding hydrogens is 290 g/mol. The summed E-state index contributed by atoms with van der Waals surface area (Å²) >= 11 is 0. The highest BCUT2D eigenvalue weighted by atomic mass is 16.3. The van der Waals surface area contributed by atoms with Crippen molar-refractivity contribution in [3.63, 3.8) is 0 Å². The molecule has 2 bridgehead atoms. The lowest BCUT2D eigenvalue weighted by Crippen LogP contribution is -2.60. The molecule has 0 spiro atoms. The lowest BCUT2D eigenvalue weighted by atomic mass is 9.45. The zero-order chi connectivity index (χ0) is 16.8. The molecule has 5 nitrogen and oxygen atoms in total. The molecule has 3 aliphatic carbocycles. The van der Waals surface area contributed by atoms with Crippen molar-refractivity contribution in [1.82, 2.24) is 10.3 Å². The first-order valence-electron chi connectivity index (χ1n) is 8.86. The number of nitrogens with one attached hydrogen (secondary N) is 1. The average molecular weight is 319 g/mol. The largest absolute Gasteiger partial charge is 0.446 e. The molecule has 5 atom stereocenters. The maximum atomic E-state index is 12.5. The number of amides is 1. The molecule has 1 aromatic rings. The Morgan fingerprint density at radius 1 is 1.52 bits per heavy atom. The van der Waals surface area contributed by atoms with E-state index < -0.39 is 0 Å². The van der Waals surface area contributed by atoms with Gasteiger partial charge in [0.1, 0.15) is 6.26 Å². The maximum absolute atomic E-state index is 12.5. The van der Waals surface area contributed by atoms with E-state index in [1.54, 1.807) is 0 Å². The molecule has 1 aromatic heterocycles. The minimum Gasteiger partial charge on any atom is -0.446 e. The molecule has 3 saturated carbocycles. The van der Waals surface area contributed by atoms with Gasteiger partial charge >= 0.3 is 0 Å². The molecule has 0 aliphatic heterocycles. The van der Waals surface area contributed by atoms with Gasteiger partial charge in [0.15, 0.2) is 5.69 Å². The van der Waals surface area contributed by atoms with Crippen LogP contribution in [-0.4, -0.2) is 16.9 Å². The minimum atomic E-state index is -0.233. The lowest BCUT2D eigenvalue weighted by molar-refractivity contribution is -0.113. The number of carbonyl (C=O) groups excluding carboxylic acids is 1. The topological polar surface area (TPSA) is 81.1 Å². The van der Waals surface area contributed by atoms with Gasteiger partial charge in [0.2, 0.25) is 5.89 Å². The third-order valence-electron chi connectivity index (χ3n) is 6.34. The van der Waals surface area contributed by atoms with Gasteiger partial charge in [-0.25, -0.2) is 4.98 Å². The van der Waals surface area contributed by atoms with E-state index in [0.29, 0.717) is 28.8 Å². The quantitative estimate of drug-likeness (QED) is 0.872. The number of aromatic nitrogens is 1. The molecule has 3 fully saturated rings. The average Bonchev–Trinajstić information content (AvgIpc) is 2.99. The lowest BCUT2D eigenvalue weighted by Gasteiger charge is -2.62. The van der Waals surface area contributed by atoms with E-state index in [1.807, 2.05) is 0 Å². The molecule has 3 N–H and O–H groups in total. The van der Waals surface area contributed by atoms with E-state index in [2.05, 4.69) is 38.0 Å². The number of hydrogen-bond acceptors (Lipinski definition) is 4. The van der Waals surface area contributed by atoms with Crippen LogP contribution in [0.4, 0.5) is 0 Å². The van der Waals surface area contributed by atoms with Crippen LogP contribution in [0.15, 0.2) is 10.7 Å². The molecule has 1 heterocycles. The summed E-state index contributed by atoms with van der Waals surface area (Å²) in [5.41, 5.74) is 6.76. The molecule has 128 valence electrons. The highest BCUT2D eigenvalue weighted by Gasteiger charge is 2.56. The summed E-state index contributed by atoms with van der Waals surface area (Å²) < 4.78 is 5.38. The Balaban J connectivity index is 1.62. The first kappa shape index (κ1) is 16.5. The van der Waals surface area contributed by atoms with E-state index >= 15 is 0 Å². The summed E-state index contributed by atoms with van der Waals surface area (Å²) in [6.07, 6.45) is 5.57. The number of fused-ring (bicyclic) bond motifs is 2. The van der Waals surface area contributed by atoms with Crippen molar-refractivity contribution in [1.29, 1.82) is 0 Å². The fourth-order valence-electron chi connectivity index (χ4n) is 4.58. The van der Waals surface area contributed by atoms with Gasteiger partial charge in [0.05, 0.1) is 6.04 Å². The van der Waals surface area contributed by atoms with Crippen molar-refractivity contribution >= 4 is 5.91 Å². The van der Waals surface area contributed by atoms with Gasteiger partial charge in [-0.3, -0.25) is 4.79 Å². The number of rotatable bonds is 5. The number of carbonyl (C=O) groups is 1. The minimum absolute atomic E-state index is 0.139. The van der Waals surface area contributed by atoms with Crippen LogP contribution in [0.3, 0.4) is 0 Å². The molecule has 3 aliphatic rings. The van der Waals surface area contributed by atoms with Crippen molar-refractivity contribution < 1.29 is 9.21 Å². The molecule has 5 unspecified atom stereocenters. The SMILES string of the molecule is CCCC(N)c1nc(C(=O)NC2CC3CC(C2C)C3(C)C)co1. The number of nitrogens with two attached hydrogens (primary N) is 1. The summed E-state index contributed by atoms with van der Waals surface area (Å²) in [5, 5.41) is 3.17. The van der Waals surface area contributed by atoms with Gasteiger partial charge in [-0.2, -0.15) is 0 Å². The van der Waals surface area contributed by atoms with Crippen molar-refractivity contribution in [3.8, 4) is 0 Å². The zero-order valence-corrected chi connectivity index (χ0v) is 14.6. The Morgan fingerprint density at radius 2 is 2.26 bits per heavy atom. The standard InChI is InChI=1S/C18H29N3O2/c1-5-6-13(19)17-21-15(9-23-17)16(22)20-14-8-11-7-12(10(14)2)18(11,3)4/h9-14H,5-8,19H2,1-4H3,(H,20,22). The smallest absolute Gasteiger partial charge is 0.273 e. The first-order valence-corrected chi connectivity index (χ1v) is 8.86. The third-order valence-corrected chi connectivity index (χ3v) is 6.34. The Labute approximate surface area is 138 Å². The van der Waals surface area contributed by atoms with Gasteiger partial charge in [-0.1, -0.05) is 34.1 Å². The molecule has 5 heteroatoms. The second kappa shape index (κ2) is 5.93. The molecule has 4 rings (SSSR count). The Bertz CT molecular complexity index is 581. The van der Waals surface area contributed by atoms with Gasteiger partial charge in [-0.05, 0) is 42.4 Å². The summed E-state index contributed by atoms with van der Waals surface area (Å²) in [4.78, 5) is 16.7. The maximum Gasteiger partial charge on any atom is 0.273 e. The van der Waals surface area contributed by atoms with Gasteiger partial charge in [0, 0.05) is 6.04 Å². The predicted octanol–water partition coefficient (Wildman–Crippen LogP) is 3.28. The van der Waals surface area contributed by atoms with Crippen LogP contribution in [0.25, 0.3) is 0 Å². The Morgan fingerprint density at radius 3 is 2.87 bits per heavy atom. The molecular formula is C18H29N3O2. The van der Waals surface area contributed by atoms with Crippen LogP contribution < -0.4 is 11.1 Å². The van der Waals surface area contributed by atoms with Crippen molar-refractivity contribution in [2.75, 3.05) is 0 Å². The normalized spacial score (nSPS) is 32.9. The summed E-state index contributed by atoms with van der Waals surface area (Å²) in [6.45, 7) is 9.05. The number of nitrogens with zero attached hydrogens (tertiary/aromatic N) is 1. The van der Waals surface area contributed by atoms with E-state index in [4.69, 9.17) is 10.2 Å². The van der Waals surface area contributed by atoms with Crippen LogP contribution in [-0.2, 0) is 0 Å². The predicted molar refractivity (Wildman–Crippen MR) is 88.8 cm³/mol. The zero-order valence-electron chi connectivity index (χ0n) is 14.6. The van der Waals surface area contributed by atoms with Crippen LogP contribution in [0, 0.1) is 23.2 Å². The van der Waals surface area contributed by atoms with Crippen LogP contribution in [0.5, 0.6) is 0 Å². The number of oxazole rings is 1. The van der Waals surface area contributed by atoms with Crippen LogP contribution >= 0.6 is 0 Å². The molecule has 0 aromatic carbocycles. The fraction of sp³-hybridized carbons (Fsp3) is 0.778. The van der Waals surface area contributed by atoms with Crippen molar-refractivity contribution in [3.05, 3.63) is 17.8 Å². The molecule has 23 heavy (non-hydrogen) atoms. The highest BCUT2D eigenvalue weighted by molar-refractivity contribution is 5.92. The van der Waals surface area contributed by atoms with E-state index in [0.717, 1.165) is 25.2 Å². The summed E-state index contributed by atoms with van der Waals surface area (Å²) in [7, 11) is 0. The van der Waals surface area contributed by atoms with E-state index in [9.17, 15) is 4.79 Å². The fourth-order valence-corrected chi connectivity index (χ4v) is 4.58. The van der Waals surface area contributed by atoms with Gasteiger partial charge < -0.3 is 15.5 Å². The van der Waals surface area contributed by atoms with E-state index in [-0.39, 0.29) is 18.0 Å². The highest BCUT2D eigenvalue weighted by Crippen LogP contribution is 2.61. The molecule has 1 amide bonds. The summed E-state index contributed by atoms with van der Waals surface area (Å²) in [6, 6.07) is 0.00679. The first-order chi connectivity index (χ1) is 10.8. The number of hydrogen-bond donors (Lipinski definition) is 2. The van der Waals surface area contributed by atoms with Crippen LogP contribution in [0.1, 0.15) is 75.8 Å². The Hall–Kier alpha value is -1.36. The molecule has 0 saturated heterocycles. The van der Waals surface area contributed by atoms with Gasteiger partial charge in [0.25, 0.3) is 5.91 Å². The monoisotopic (exact) mass is 319 g/mol. The third kappa shape index (κ3) is 2.80. The van der Waals surface area contributed by atoms with E-state index in [1.165, 1.54) is 12.7 Å². The molecule has 0 radical (unpaired) electrons. The second-order valence-electron chi connectivity index (χ2n) is 8.00.